The molecule has 15 heteroatoms. The summed E-state index contributed by atoms with van der Waals surface area (Å²) in [5, 5.41) is 30.5. The van der Waals surface area contributed by atoms with E-state index < -0.39 is 20.0 Å². The molecule has 6 atom stereocenters. The minimum atomic E-state index is -2.92. The van der Waals surface area contributed by atoms with Gasteiger partial charge in [-0.15, -0.1) is 5.10 Å². The molecule has 1 aromatic heterocycles. The number of ether oxygens (including phenoxy) is 1. The Kier molecular flexibility index (Phi) is 11.3. The van der Waals surface area contributed by atoms with E-state index in [-0.39, 0.29) is 54.2 Å². The van der Waals surface area contributed by atoms with E-state index in [1.54, 1.807) is 15.8 Å². The summed E-state index contributed by atoms with van der Waals surface area (Å²) < 4.78 is 8.77. The molecule has 1 spiro atoms. The summed E-state index contributed by atoms with van der Waals surface area (Å²) in [7, 11) is -2.92. The third-order valence-electron chi connectivity index (χ3n) is 11.7. The number of piperidine rings is 2. The molecular formula is C39H54N8O6Si. The molecule has 14 nitrogen and oxygen atoms in total. The molecule has 2 aromatic carbocycles. The van der Waals surface area contributed by atoms with E-state index in [1.165, 1.54) is 0 Å². The molecule has 3 aromatic rings. The summed E-state index contributed by atoms with van der Waals surface area (Å²) in [5.74, 6) is -0.842. The lowest BCUT2D eigenvalue weighted by molar-refractivity contribution is -0.146. The SMILES string of the molecule is C[C@H]1[C@H]([Si](C)(C)O)[C@@H](CCn2cc(CCO)nn2)O[C@]12C(=O)N(Cc1ccc(NC(=O)C3CCCNC3)cc1)c1ccc(NC(=O)C3CCCNC3)cc12. The van der Waals surface area contributed by atoms with Crippen LogP contribution in [0.3, 0.4) is 0 Å². The normalized spacial score (nSPS) is 26.9. The van der Waals surface area contributed by atoms with Crippen LogP contribution in [0.1, 0.15) is 55.8 Å². The van der Waals surface area contributed by atoms with Crippen molar-refractivity contribution >= 4 is 43.1 Å². The van der Waals surface area contributed by atoms with Crippen molar-refractivity contribution in [2.24, 2.45) is 17.8 Å². The maximum atomic E-state index is 15.1. The smallest absolute Gasteiger partial charge is 0.264 e. The van der Waals surface area contributed by atoms with Gasteiger partial charge in [-0.2, -0.15) is 0 Å². The number of nitrogens with zero attached hydrogens (tertiary/aromatic N) is 4. The lowest BCUT2D eigenvalue weighted by Crippen LogP contribution is -2.46. The van der Waals surface area contributed by atoms with Crippen LogP contribution in [0.25, 0.3) is 0 Å². The van der Waals surface area contributed by atoms with E-state index >= 15 is 4.79 Å². The number of hydrogen-bond acceptors (Lipinski definition) is 10. The van der Waals surface area contributed by atoms with Gasteiger partial charge in [0.05, 0.1) is 35.9 Å². The quantitative estimate of drug-likeness (QED) is 0.150. The van der Waals surface area contributed by atoms with Crippen molar-refractivity contribution in [3.05, 3.63) is 65.5 Å². The Morgan fingerprint density at radius 1 is 1.00 bits per heavy atom. The zero-order chi connectivity index (χ0) is 38.0. The molecule has 5 heterocycles. The monoisotopic (exact) mass is 758 g/mol. The molecule has 0 saturated carbocycles. The topological polar surface area (TPSA) is 183 Å². The minimum Gasteiger partial charge on any atom is -0.432 e. The zero-order valence-electron chi connectivity index (χ0n) is 31.5. The fourth-order valence-corrected chi connectivity index (χ4v) is 11.6. The standard InChI is InChI=1S/C39H54N8O6Si/c1-25-35(54(2,3)52)34(14-18-46-24-31(15-19-48)44-45-46)53-39(25)32-20-30(43-37(50)28-7-5-17-41-22-28)12-13-33(32)47(38(39)51)23-26-8-10-29(11-9-26)42-36(49)27-6-4-16-40-21-27/h8-13,20,24-25,27-28,34-35,40-41,48,52H,4-7,14-19,21-23H2,1-3H3,(H,42,49)(H,43,50)/t25-,27?,28?,34+,35-,39+/m0/s1. The van der Waals surface area contributed by atoms with Crippen LogP contribution in [0, 0.1) is 17.8 Å². The Labute approximate surface area is 317 Å². The number of aryl methyl sites for hydroxylation is 1. The largest absolute Gasteiger partial charge is 0.432 e. The van der Waals surface area contributed by atoms with Gasteiger partial charge in [0.1, 0.15) is 0 Å². The summed E-state index contributed by atoms with van der Waals surface area (Å²) in [6.07, 6.45) is 5.84. The molecule has 3 fully saturated rings. The Morgan fingerprint density at radius 3 is 2.26 bits per heavy atom. The van der Waals surface area contributed by atoms with Crippen LogP contribution in [0.5, 0.6) is 0 Å². The maximum Gasteiger partial charge on any atom is 0.264 e. The Bertz CT molecular complexity index is 1820. The summed E-state index contributed by atoms with van der Waals surface area (Å²) in [6.45, 7) is 9.66. The number of amides is 3. The fraction of sp³-hybridized carbons (Fsp3) is 0.564. The Morgan fingerprint density at radius 2 is 1.65 bits per heavy atom. The second kappa shape index (κ2) is 16.0. The fourth-order valence-electron chi connectivity index (χ4n) is 9.03. The highest BCUT2D eigenvalue weighted by atomic mass is 28.4. The van der Waals surface area contributed by atoms with E-state index in [2.05, 4.69) is 31.6 Å². The van der Waals surface area contributed by atoms with Gasteiger partial charge in [0.25, 0.3) is 5.91 Å². The van der Waals surface area contributed by atoms with Gasteiger partial charge < -0.3 is 40.8 Å². The molecule has 7 rings (SSSR count). The molecule has 290 valence electrons. The van der Waals surface area contributed by atoms with Crippen molar-refractivity contribution in [2.45, 2.75) is 88.9 Å². The average molecular weight is 759 g/mol. The molecule has 3 amide bonds. The zero-order valence-corrected chi connectivity index (χ0v) is 32.5. The molecule has 4 aliphatic rings. The van der Waals surface area contributed by atoms with Gasteiger partial charge in [-0.25, -0.2) is 0 Å². The van der Waals surface area contributed by atoms with Gasteiger partial charge in [-0.1, -0.05) is 24.3 Å². The Hall–Kier alpha value is -3.99. The van der Waals surface area contributed by atoms with Gasteiger partial charge in [0.15, 0.2) is 13.9 Å². The van der Waals surface area contributed by atoms with Crippen molar-refractivity contribution in [1.82, 2.24) is 25.6 Å². The van der Waals surface area contributed by atoms with Crippen LogP contribution in [-0.2, 0) is 44.2 Å². The highest BCUT2D eigenvalue weighted by Gasteiger charge is 2.66. The highest BCUT2D eigenvalue weighted by molar-refractivity contribution is 6.71. The second-order valence-electron chi connectivity index (χ2n) is 16.0. The number of aliphatic hydroxyl groups excluding tert-OH is 1. The Balaban J connectivity index is 1.18. The lowest BCUT2D eigenvalue weighted by atomic mass is 9.82. The summed E-state index contributed by atoms with van der Waals surface area (Å²) >= 11 is 0. The van der Waals surface area contributed by atoms with Gasteiger partial charge in [-0.05, 0) is 94.2 Å². The number of rotatable bonds is 12. The molecule has 6 N–H and O–H groups in total. The summed E-state index contributed by atoms with van der Waals surface area (Å²) in [5.41, 5.74) is 2.58. The molecule has 4 aliphatic heterocycles. The van der Waals surface area contributed by atoms with E-state index in [4.69, 9.17) is 4.74 Å². The number of aromatic nitrogens is 3. The summed E-state index contributed by atoms with van der Waals surface area (Å²) in [4.78, 5) is 54.8. The van der Waals surface area contributed by atoms with E-state index in [1.807, 2.05) is 62.5 Å². The molecule has 0 aliphatic carbocycles. The first-order chi connectivity index (χ1) is 26.0. The molecular weight excluding hydrogens is 705 g/mol. The van der Waals surface area contributed by atoms with Gasteiger partial charge in [0, 0.05) is 67.3 Å². The van der Waals surface area contributed by atoms with Crippen LogP contribution in [0.15, 0.2) is 48.7 Å². The maximum absolute atomic E-state index is 15.1. The lowest BCUT2D eigenvalue weighted by Gasteiger charge is -2.32. The third kappa shape index (κ3) is 7.75. The van der Waals surface area contributed by atoms with Crippen LogP contribution < -0.4 is 26.2 Å². The first kappa shape index (κ1) is 38.3. The van der Waals surface area contributed by atoms with E-state index in [9.17, 15) is 19.5 Å². The van der Waals surface area contributed by atoms with Crippen LogP contribution in [0.2, 0.25) is 18.6 Å². The third-order valence-corrected chi connectivity index (χ3v) is 14.2. The van der Waals surface area contributed by atoms with Gasteiger partial charge in [0.2, 0.25) is 11.8 Å². The minimum absolute atomic E-state index is 0.00411. The molecule has 54 heavy (non-hydrogen) atoms. The predicted molar refractivity (Wildman–Crippen MR) is 207 cm³/mol. The summed E-state index contributed by atoms with van der Waals surface area (Å²) in [6, 6.07) is 13.2. The number of carbonyl (C=O) groups is 3. The van der Waals surface area contributed by atoms with Crippen molar-refractivity contribution in [1.29, 1.82) is 0 Å². The first-order valence-electron chi connectivity index (χ1n) is 19.5. The highest BCUT2D eigenvalue weighted by Crippen LogP contribution is 2.60. The number of benzene rings is 2. The number of aliphatic hydroxyl groups is 1. The molecule has 0 radical (unpaired) electrons. The number of hydrogen-bond donors (Lipinski definition) is 6. The van der Waals surface area contributed by atoms with Crippen LogP contribution >= 0.6 is 0 Å². The predicted octanol–water partition coefficient (Wildman–Crippen LogP) is 3.12. The van der Waals surface area contributed by atoms with Crippen LogP contribution in [0.4, 0.5) is 17.1 Å². The number of fused-ring (bicyclic) bond motifs is 2. The van der Waals surface area contributed by atoms with Crippen molar-refractivity contribution in [2.75, 3.05) is 48.3 Å². The van der Waals surface area contributed by atoms with E-state index in [0.717, 1.165) is 44.3 Å². The number of carbonyl (C=O) groups excluding carboxylic acids is 3. The second-order valence-corrected chi connectivity index (χ2v) is 20.0. The van der Waals surface area contributed by atoms with Crippen LogP contribution in [-0.4, -0.2) is 89.8 Å². The van der Waals surface area contributed by atoms with Gasteiger partial charge >= 0.3 is 0 Å². The van der Waals surface area contributed by atoms with E-state index in [0.29, 0.717) is 60.8 Å². The van der Waals surface area contributed by atoms with Crippen molar-refractivity contribution in [3.63, 3.8) is 0 Å². The first-order valence-corrected chi connectivity index (χ1v) is 22.5. The van der Waals surface area contributed by atoms with Gasteiger partial charge in [-0.3, -0.25) is 19.1 Å². The molecule has 2 unspecified atom stereocenters. The van der Waals surface area contributed by atoms with Crippen molar-refractivity contribution < 1.29 is 29.0 Å². The molecule has 0 bridgehead atoms. The number of nitrogens with one attached hydrogen (secondary N) is 4. The van der Waals surface area contributed by atoms with Crippen molar-refractivity contribution in [3.8, 4) is 0 Å². The molecule has 3 saturated heterocycles. The number of anilines is 3. The average Bonchev–Trinajstić information content (AvgIpc) is 3.81.